The first-order valence-corrected chi connectivity index (χ1v) is 8.91. The molecule has 3 rings (SSSR count). The Morgan fingerprint density at radius 1 is 1.30 bits per heavy atom. The first-order valence-electron chi connectivity index (χ1n) is 7.09. The Bertz CT molecular complexity index is 831. The molecule has 0 radical (unpaired) electrons. The number of aromatic nitrogens is 3. The molecule has 2 heterocycles. The minimum absolute atomic E-state index is 0.0154. The number of rotatable bonds is 2. The SMILES string of the molecule is Cc1cccc(-n2cc(C(=O)N3CCS(=O)(=O)CCO3)nn2)c1. The van der Waals surface area contributed by atoms with Crippen LogP contribution in [0.3, 0.4) is 0 Å². The molecule has 0 unspecified atom stereocenters. The monoisotopic (exact) mass is 336 g/mol. The number of sulfone groups is 1. The van der Waals surface area contributed by atoms with E-state index in [9.17, 15) is 13.2 Å². The molecule has 0 saturated carbocycles. The fourth-order valence-corrected chi connectivity index (χ4v) is 3.19. The summed E-state index contributed by atoms with van der Waals surface area (Å²) in [5, 5.41) is 8.83. The highest BCUT2D eigenvalue weighted by Crippen LogP contribution is 2.11. The zero-order valence-corrected chi connectivity index (χ0v) is 13.4. The average molecular weight is 336 g/mol. The lowest BCUT2D eigenvalue weighted by Crippen LogP contribution is -2.33. The Hall–Kier alpha value is -2.26. The molecule has 1 fully saturated rings. The Morgan fingerprint density at radius 3 is 2.91 bits per heavy atom. The fraction of sp³-hybridized carbons (Fsp3) is 0.357. The number of carbonyl (C=O) groups excluding carboxylic acids is 1. The van der Waals surface area contributed by atoms with Gasteiger partial charge >= 0.3 is 0 Å². The van der Waals surface area contributed by atoms with E-state index in [-0.39, 0.29) is 30.4 Å². The smallest absolute Gasteiger partial charge is 0.270 e. The molecule has 0 spiro atoms. The Kier molecular flexibility index (Phi) is 4.14. The van der Waals surface area contributed by atoms with E-state index in [1.807, 2.05) is 31.2 Å². The molecule has 1 saturated heterocycles. The molecule has 8 nitrogen and oxygen atoms in total. The molecule has 23 heavy (non-hydrogen) atoms. The zero-order valence-electron chi connectivity index (χ0n) is 12.5. The molecule has 1 aromatic carbocycles. The standard InChI is InChI=1S/C14H16N4O4S/c1-11-3-2-4-12(9-11)17-10-13(15-16-17)14(19)18-5-7-23(20,21)8-6-22-18/h2-4,9-10H,5-8H2,1H3. The summed E-state index contributed by atoms with van der Waals surface area (Å²) in [6.07, 6.45) is 1.50. The third-order valence-electron chi connectivity index (χ3n) is 3.45. The van der Waals surface area contributed by atoms with Crippen LogP contribution in [0.15, 0.2) is 30.5 Å². The van der Waals surface area contributed by atoms with E-state index >= 15 is 0 Å². The summed E-state index contributed by atoms with van der Waals surface area (Å²) in [5.41, 5.74) is 1.95. The van der Waals surface area contributed by atoms with Gasteiger partial charge in [0.25, 0.3) is 5.91 Å². The topological polar surface area (TPSA) is 94.4 Å². The Morgan fingerprint density at radius 2 is 2.13 bits per heavy atom. The van der Waals surface area contributed by atoms with Gasteiger partial charge in [0, 0.05) is 0 Å². The minimum Gasteiger partial charge on any atom is -0.270 e. The predicted octanol–water partition coefficient (Wildman–Crippen LogP) is 0.378. The maximum Gasteiger partial charge on any atom is 0.299 e. The van der Waals surface area contributed by atoms with Crippen LogP contribution in [0.5, 0.6) is 0 Å². The zero-order chi connectivity index (χ0) is 16.4. The summed E-state index contributed by atoms with van der Waals surface area (Å²) >= 11 is 0. The molecule has 0 atom stereocenters. The van der Waals surface area contributed by atoms with Gasteiger partial charge in [0.15, 0.2) is 15.5 Å². The first kappa shape index (κ1) is 15.6. The molecule has 122 valence electrons. The van der Waals surface area contributed by atoms with Crippen molar-refractivity contribution < 1.29 is 18.0 Å². The van der Waals surface area contributed by atoms with Crippen molar-refractivity contribution in [3.63, 3.8) is 0 Å². The van der Waals surface area contributed by atoms with Crippen LogP contribution in [-0.4, -0.2) is 59.0 Å². The number of amides is 1. The van der Waals surface area contributed by atoms with Gasteiger partial charge in [-0.2, -0.15) is 0 Å². The second kappa shape index (κ2) is 6.09. The highest BCUT2D eigenvalue weighted by atomic mass is 32.2. The van der Waals surface area contributed by atoms with Crippen LogP contribution in [0.25, 0.3) is 5.69 Å². The third kappa shape index (κ3) is 3.57. The molecule has 0 N–H and O–H groups in total. The Balaban J connectivity index is 1.78. The van der Waals surface area contributed by atoms with Gasteiger partial charge in [0.1, 0.15) is 0 Å². The summed E-state index contributed by atoms with van der Waals surface area (Å²) in [6.45, 7) is 1.90. The lowest BCUT2D eigenvalue weighted by Gasteiger charge is -2.16. The van der Waals surface area contributed by atoms with Gasteiger partial charge in [-0.05, 0) is 24.6 Å². The van der Waals surface area contributed by atoms with Crippen molar-refractivity contribution in [2.45, 2.75) is 6.92 Å². The summed E-state index contributed by atoms with van der Waals surface area (Å²) in [7, 11) is -3.17. The van der Waals surface area contributed by atoms with Gasteiger partial charge in [0.05, 0.1) is 36.5 Å². The van der Waals surface area contributed by atoms with Gasteiger partial charge < -0.3 is 0 Å². The first-order chi connectivity index (χ1) is 10.9. The van der Waals surface area contributed by atoms with Crippen molar-refractivity contribution in [2.75, 3.05) is 24.7 Å². The van der Waals surface area contributed by atoms with E-state index in [1.165, 1.54) is 10.9 Å². The number of hydrogen-bond acceptors (Lipinski definition) is 6. The van der Waals surface area contributed by atoms with Gasteiger partial charge in [-0.15, -0.1) is 5.10 Å². The van der Waals surface area contributed by atoms with Crippen LogP contribution in [0.1, 0.15) is 16.1 Å². The van der Waals surface area contributed by atoms with Crippen LogP contribution in [0.2, 0.25) is 0 Å². The number of benzene rings is 1. The summed E-state index contributed by atoms with van der Waals surface area (Å²) in [4.78, 5) is 17.6. The summed E-state index contributed by atoms with van der Waals surface area (Å²) < 4.78 is 24.6. The van der Waals surface area contributed by atoms with Crippen molar-refractivity contribution in [2.24, 2.45) is 0 Å². The van der Waals surface area contributed by atoms with Gasteiger partial charge in [-0.3, -0.25) is 9.63 Å². The third-order valence-corrected chi connectivity index (χ3v) is 5.05. The molecule has 1 aliphatic rings. The van der Waals surface area contributed by atoms with Gasteiger partial charge in [0.2, 0.25) is 0 Å². The van der Waals surface area contributed by atoms with Crippen LogP contribution in [0.4, 0.5) is 0 Å². The predicted molar refractivity (Wildman–Crippen MR) is 81.7 cm³/mol. The molecule has 9 heteroatoms. The van der Waals surface area contributed by atoms with Crippen molar-refractivity contribution in [1.82, 2.24) is 20.1 Å². The van der Waals surface area contributed by atoms with Crippen LogP contribution in [0, 0.1) is 6.92 Å². The second-order valence-corrected chi connectivity index (χ2v) is 7.58. The van der Waals surface area contributed by atoms with Crippen molar-refractivity contribution in [3.8, 4) is 5.69 Å². The molecule has 2 aromatic rings. The minimum atomic E-state index is -3.17. The molecule has 0 bridgehead atoms. The summed E-state index contributed by atoms with van der Waals surface area (Å²) in [5.74, 6) is -0.710. The number of carbonyl (C=O) groups is 1. The highest BCUT2D eigenvalue weighted by molar-refractivity contribution is 7.91. The molecule has 1 amide bonds. The van der Waals surface area contributed by atoms with Gasteiger partial charge in [-0.25, -0.2) is 18.2 Å². The maximum atomic E-state index is 12.4. The number of hydrogen-bond donors (Lipinski definition) is 0. The second-order valence-electron chi connectivity index (χ2n) is 5.28. The van der Waals surface area contributed by atoms with E-state index in [0.29, 0.717) is 0 Å². The van der Waals surface area contributed by atoms with Crippen LogP contribution in [-0.2, 0) is 14.7 Å². The van der Waals surface area contributed by atoms with E-state index in [1.54, 1.807) is 0 Å². The van der Waals surface area contributed by atoms with Crippen LogP contribution < -0.4 is 0 Å². The lowest BCUT2D eigenvalue weighted by atomic mass is 10.2. The maximum absolute atomic E-state index is 12.4. The van der Waals surface area contributed by atoms with E-state index in [4.69, 9.17) is 4.84 Å². The molecule has 1 aliphatic heterocycles. The number of hydroxylamine groups is 2. The van der Waals surface area contributed by atoms with Crippen LogP contribution >= 0.6 is 0 Å². The average Bonchev–Trinajstić information content (AvgIpc) is 2.92. The number of aryl methyl sites for hydroxylation is 1. The Labute approximate surface area is 133 Å². The van der Waals surface area contributed by atoms with Gasteiger partial charge in [-0.1, -0.05) is 17.3 Å². The normalized spacial score (nSPS) is 17.7. The van der Waals surface area contributed by atoms with E-state index in [2.05, 4.69) is 10.3 Å². The van der Waals surface area contributed by atoms with Crippen molar-refractivity contribution in [3.05, 3.63) is 41.7 Å². The summed E-state index contributed by atoms with van der Waals surface area (Å²) in [6, 6.07) is 7.61. The molecular formula is C14H16N4O4S. The molecule has 0 aliphatic carbocycles. The lowest BCUT2D eigenvalue weighted by molar-refractivity contribution is -0.112. The number of nitrogens with zero attached hydrogens (tertiary/aromatic N) is 4. The highest BCUT2D eigenvalue weighted by Gasteiger charge is 2.26. The van der Waals surface area contributed by atoms with Crippen molar-refractivity contribution in [1.29, 1.82) is 0 Å². The van der Waals surface area contributed by atoms with Crippen molar-refractivity contribution >= 4 is 15.7 Å². The molecule has 1 aromatic heterocycles. The molecular weight excluding hydrogens is 320 g/mol. The quantitative estimate of drug-likeness (QED) is 0.787. The largest absolute Gasteiger partial charge is 0.299 e. The fourth-order valence-electron chi connectivity index (χ4n) is 2.21. The van der Waals surface area contributed by atoms with E-state index < -0.39 is 15.7 Å². The van der Waals surface area contributed by atoms with E-state index in [0.717, 1.165) is 16.3 Å².